The van der Waals surface area contributed by atoms with Crippen molar-refractivity contribution in [1.82, 2.24) is 5.32 Å². The first-order chi connectivity index (χ1) is 9.63. The highest BCUT2D eigenvalue weighted by molar-refractivity contribution is 5.70. The first-order valence-electron chi connectivity index (χ1n) is 7.23. The van der Waals surface area contributed by atoms with Gasteiger partial charge in [0.15, 0.2) is 0 Å². The molecule has 1 fully saturated rings. The number of hydrogen-bond acceptors (Lipinski definition) is 1. The van der Waals surface area contributed by atoms with E-state index in [0.29, 0.717) is 0 Å². The Kier molecular flexibility index (Phi) is 3.58. The van der Waals surface area contributed by atoms with E-state index in [1.807, 2.05) is 13.0 Å². The van der Waals surface area contributed by atoms with Gasteiger partial charge in [0.25, 0.3) is 0 Å². The fourth-order valence-electron chi connectivity index (χ4n) is 2.62. The largest absolute Gasteiger partial charge is 0.310 e. The van der Waals surface area contributed by atoms with Crippen molar-refractivity contribution < 1.29 is 4.39 Å². The molecule has 0 aliphatic heterocycles. The van der Waals surface area contributed by atoms with Crippen molar-refractivity contribution in [3.05, 3.63) is 58.9 Å². The molecule has 104 valence electrons. The summed E-state index contributed by atoms with van der Waals surface area (Å²) in [6.45, 7) is 5.02. The average molecular weight is 269 g/mol. The first-order valence-corrected chi connectivity index (χ1v) is 7.23. The van der Waals surface area contributed by atoms with Gasteiger partial charge < -0.3 is 5.32 Å². The maximum atomic E-state index is 13.2. The van der Waals surface area contributed by atoms with Crippen LogP contribution in [0, 0.1) is 19.7 Å². The van der Waals surface area contributed by atoms with Gasteiger partial charge in [-0.3, -0.25) is 0 Å². The number of nitrogens with one attached hydrogen (secondary N) is 1. The second-order valence-corrected chi connectivity index (χ2v) is 5.76. The standard InChI is InChI=1S/C18H20FN/c1-12-9-14(11-20-16-5-6-16)3-7-17(12)18-8-4-15(19)10-13(18)2/h3-4,7-10,16,20H,5-6,11H2,1-2H3. The molecule has 2 aromatic rings. The number of hydrogen-bond donors (Lipinski definition) is 1. The summed E-state index contributed by atoms with van der Waals surface area (Å²) in [7, 11) is 0. The van der Waals surface area contributed by atoms with E-state index in [0.717, 1.165) is 23.7 Å². The van der Waals surface area contributed by atoms with Crippen LogP contribution in [0.5, 0.6) is 0 Å². The van der Waals surface area contributed by atoms with E-state index in [1.54, 1.807) is 6.07 Å². The van der Waals surface area contributed by atoms with Gasteiger partial charge in [0.05, 0.1) is 0 Å². The normalized spacial score (nSPS) is 14.6. The van der Waals surface area contributed by atoms with E-state index >= 15 is 0 Å². The Morgan fingerprint density at radius 2 is 1.65 bits per heavy atom. The minimum Gasteiger partial charge on any atom is -0.310 e. The maximum Gasteiger partial charge on any atom is 0.123 e. The molecule has 1 aliphatic carbocycles. The van der Waals surface area contributed by atoms with Gasteiger partial charge in [0.2, 0.25) is 0 Å². The minimum atomic E-state index is -0.172. The fourth-order valence-corrected chi connectivity index (χ4v) is 2.62. The summed E-state index contributed by atoms with van der Waals surface area (Å²) in [5, 5.41) is 3.53. The highest BCUT2D eigenvalue weighted by atomic mass is 19.1. The predicted octanol–water partition coefficient (Wildman–Crippen LogP) is 4.36. The van der Waals surface area contributed by atoms with Gasteiger partial charge in [0, 0.05) is 12.6 Å². The van der Waals surface area contributed by atoms with Gasteiger partial charge in [-0.1, -0.05) is 24.3 Å². The second-order valence-electron chi connectivity index (χ2n) is 5.76. The number of benzene rings is 2. The maximum absolute atomic E-state index is 13.2. The highest BCUT2D eigenvalue weighted by Crippen LogP contribution is 2.28. The van der Waals surface area contributed by atoms with Crippen LogP contribution in [0.15, 0.2) is 36.4 Å². The fraction of sp³-hybridized carbons (Fsp3) is 0.333. The SMILES string of the molecule is Cc1cc(F)ccc1-c1ccc(CNC2CC2)cc1C. The third-order valence-electron chi connectivity index (χ3n) is 3.94. The lowest BCUT2D eigenvalue weighted by Gasteiger charge is -2.12. The Morgan fingerprint density at radius 3 is 2.25 bits per heavy atom. The van der Waals surface area contributed by atoms with Gasteiger partial charge in [0.1, 0.15) is 5.82 Å². The number of rotatable bonds is 4. The van der Waals surface area contributed by atoms with Crippen molar-refractivity contribution in [3.63, 3.8) is 0 Å². The van der Waals surface area contributed by atoms with E-state index in [1.165, 1.54) is 35.6 Å². The van der Waals surface area contributed by atoms with E-state index in [4.69, 9.17) is 0 Å². The third kappa shape index (κ3) is 2.91. The summed E-state index contributed by atoms with van der Waals surface area (Å²) in [4.78, 5) is 0. The van der Waals surface area contributed by atoms with Crippen molar-refractivity contribution in [2.45, 2.75) is 39.3 Å². The topological polar surface area (TPSA) is 12.0 Å². The van der Waals surface area contributed by atoms with Crippen molar-refractivity contribution in [2.24, 2.45) is 0 Å². The Balaban J connectivity index is 1.85. The first kappa shape index (κ1) is 13.3. The van der Waals surface area contributed by atoms with Crippen LogP contribution >= 0.6 is 0 Å². The van der Waals surface area contributed by atoms with Crippen LogP contribution in [0.4, 0.5) is 4.39 Å². The zero-order valence-electron chi connectivity index (χ0n) is 12.0. The molecule has 0 aromatic heterocycles. The lowest BCUT2D eigenvalue weighted by atomic mass is 9.95. The molecule has 3 rings (SSSR count). The lowest BCUT2D eigenvalue weighted by Crippen LogP contribution is -2.15. The van der Waals surface area contributed by atoms with Gasteiger partial charge in [-0.25, -0.2) is 4.39 Å². The molecule has 0 saturated heterocycles. The van der Waals surface area contributed by atoms with E-state index < -0.39 is 0 Å². The van der Waals surface area contributed by atoms with Gasteiger partial charge in [-0.05, 0) is 66.6 Å². The van der Waals surface area contributed by atoms with Crippen LogP contribution in [-0.4, -0.2) is 6.04 Å². The summed E-state index contributed by atoms with van der Waals surface area (Å²) in [5.74, 6) is -0.172. The van der Waals surface area contributed by atoms with Gasteiger partial charge >= 0.3 is 0 Å². The molecule has 0 bridgehead atoms. The van der Waals surface area contributed by atoms with Crippen LogP contribution in [0.3, 0.4) is 0 Å². The molecule has 2 heteroatoms. The van der Waals surface area contributed by atoms with E-state index in [2.05, 4.69) is 30.4 Å². The molecule has 0 heterocycles. The molecule has 1 N–H and O–H groups in total. The molecule has 0 amide bonds. The van der Waals surface area contributed by atoms with Crippen molar-refractivity contribution in [3.8, 4) is 11.1 Å². The van der Waals surface area contributed by atoms with Crippen molar-refractivity contribution >= 4 is 0 Å². The molecule has 2 aromatic carbocycles. The third-order valence-corrected chi connectivity index (χ3v) is 3.94. The van der Waals surface area contributed by atoms with Crippen LogP contribution in [0.25, 0.3) is 11.1 Å². The Morgan fingerprint density at radius 1 is 1.00 bits per heavy atom. The Hall–Kier alpha value is -1.67. The summed E-state index contributed by atoms with van der Waals surface area (Å²) < 4.78 is 13.2. The van der Waals surface area contributed by atoms with Crippen LogP contribution in [-0.2, 0) is 6.54 Å². The molecule has 0 spiro atoms. The quantitative estimate of drug-likeness (QED) is 0.869. The molecule has 0 radical (unpaired) electrons. The summed E-state index contributed by atoms with van der Waals surface area (Å²) in [5.41, 5.74) is 5.85. The Bertz CT molecular complexity index is 629. The van der Waals surface area contributed by atoms with Gasteiger partial charge in [-0.2, -0.15) is 0 Å². The summed E-state index contributed by atoms with van der Waals surface area (Å²) in [6, 6.07) is 12.3. The zero-order chi connectivity index (χ0) is 14.1. The molecule has 20 heavy (non-hydrogen) atoms. The Labute approximate surface area is 119 Å². The van der Waals surface area contributed by atoms with Crippen LogP contribution < -0.4 is 5.32 Å². The monoisotopic (exact) mass is 269 g/mol. The summed E-state index contributed by atoms with van der Waals surface area (Å²) in [6.07, 6.45) is 2.62. The average Bonchev–Trinajstić information content (AvgIpc) is 3.22. The number of aryl methyl sites for hydroxylation is 2. The van der Waals surface area contributed by atoms with Crippen molar-refractivity contribution in [1.29, 1.82) is 0 Å². The zero-order valence-corrected chi connectivity index (χ0v) is 12.0. The second kappa shape index (κ2) is 5.37. The molecular formula is C18H20FN. The highest BCUT2D eigenvalue weighted by Gasteiger charge is 2.20. The molecule has 1 saturated carbocycles. The smallest absolute Gasteiger partial charge is 0.123 e. The lowest BCUT2D eigenvalue weighted by molar-refractivity contribution is 0.627. The molecule has 1 aliphatic rings. The number of halogens is 1. The van der Waals surface area contributed by atoms with Crippen LogP contribution in [0.2, 0.25) is 0 Å². The molecule has 0 atom stereocenters. The van der Waals surface area contributed by atoms with Crippen LogP contribution in [0.1, 0.15) is 29.5 Å². The summed E-state index contributed by atoms with van der Waals surface area (Å²) >= 11 is 0. The molecule has 0 unspecified atom stereocenters. The molecule has 1 nitrogen and oxygen atoms in total. The predicted molar refractivity (Wildman–Crippen MR) is 81.2 cm³/mol. The van der Waals surface area contributed by atoms with E-state index in [9.17, 15) is 4.39 Å². The van der Waals surface area contributed by atoms with Crippen molar-refractivity contribution in [2.75, 3.05) is 0 Å². The molecular weight excluding hydrogens is 249 g/mol. The van der Waals surface area contributed by atoms with Gasteiger partial charge in [-0.15, -0.1) is 0 Å². The van der Waals surface area contributed by atoms with E-state index in [-0.39, 0.29) is 5.82 Å². The minimum absolute atomic E-state index is 0.172.